The number of hydrogen-bond acceptors (Lipinski definition) is 4. The average molecular weight is 475 g/mol. The van der Waals surface area contributed by atoms with Crippen LogP contribution in [0.15, 0.2) is 103 Å². The van der Waals surface area contributed by atoms with Crippen LogP contribution in [0.1, 0.15) is 6.92 Å². The first-order chi connectivity index (χ1) is 16.8. The second-order valence-electron chi connectivity index (χ2n) is 7.80. The average Bonchev–Trinajstić information content (AvgIpc) is 2.85. The van der Waals surface area contributed by atoms with Gasteiger partial charge in [0.05, 0.1) is 0 Å². The Kier molecular flexibility index (Phi) is 10.4. The summed E-state index contributed by atoms with van der Waals surface area (Å²) in [7, 11) is 0. The van der Waals surface area contributed by atoms with Crippen LogP contribution in [-0.2, 0) is 16.1 Å². The molecule has 0 bridgehead atoms. The van der Waals surface area contributed by atoms with Crippen molar-refractivity contribution in [3.05, 3.63) is 109 Å². The zero-order valence-electron chi connectivity index (χ0n) is 19.7. The summed E-state index contributed by atoms with van der Waals surface area (Å²) in [5.41, 5.74) is 2.25. The van der Waals surface area contributed by atoms with E-state index in [2.05, 4.69) is 37.1 Å². The van der Waals surface area contributed by atoms with Crippen LogP contribution in [0, 0.1) is 0 Å². The number of fused-ring (bicyclic) bond motifs is 1. The third kappa shape index (κ3) is 7.94. The van der Waals surface area contributed by atoms with E-state index in [0.29, 0.717) is 18.7 Å². The van der Waals surface area contributed by atoms with Gasteiger partial charge in [0, 0.05) is 55.0 Å². The lowest BCUT2D eigenvalue weighted by molar-refractivity contribution is -0.134. The van der Waals surface area contributed by atoms with Gasteiger partial charge in [-0.25, -0.2) is 9.59 Å². The van der Waals surface area contributed by atoms with Gasteiger partial charge in [-0.3, -0.25) is 9.69 Å². The van der Waals surface area contributed by atoms with Crippen molar-refractivity contribution >= 4 is 22.7 Å². The molecule has 1 aromatic heterocycles. The van der Waals surface area contributed by atoms with Gasteiger partial charge in [-0.05, 0) is 23.9 Å². The molecule has 1 unspecified atom stereocenters. The predicted molar refractivity (Wildman–Crippen MR) is 139 cm³/mol. The molecule has 0 fully saturated rings. The fraction of sp³-hybridized carbons (Fsp3) is 0.179. The molecule has 0 amide bonds. The van der Waals surface area contributed by atoms with Crippen molar-refractivity contribution in [2.75, 3.05) is 13.1 Å². The molecule has 7 nitrogen and oxygen atoms in total. The highest BCUT2D eigenvalue weighted by Crippen LogP contribution is 2.26. The molecule has 0 saturated carbocycles. The molecule has 0 aliphatic heterocycles. The predicted octanol–water partition coefficient (Wildman–Crippen LogP) is 4.44. The van der Waals surface area contributed by atoms with Crippen LogP contribution >= 0.6 is 0 Å². The van der Waals surface area contributed by atoms with E-state index in [4.69, 9.17) is 10.2 Å². The molecule has 3 aromatic rings. The fourth-order valence-electron chi connectivity index (χ4n) is 3.64. The van der Waals surface area contributed by atoms with Crippen LogP contribution in [0.4, 0.5) is 0 Å². The van der Waals surface area contributed by atoms with Gasteiger partial charge in [-0.2, -0.15) is 0 Å². The van der Waals surface area contributed by atoms with Crippen molar-refractivity contribution in [1.82, 2.24) is 9.47 Å². The van der Waals surface area contributed by atoms with Gasteiger partial charge in [0.15, 0.2) is 0 Å². The SMILES string of the molecule is C=CCN(CC=C)C(C)Cn1cc(-c2ccccc2)c2ccccc2c1=O.O=C(O)/C=C\C(=O)O. The maximum absolute atomic E-state index is 13.1. The molecule has 0 spiro atoms. The minimum Gasteiger partial charge on any atom is -0.478 e. The van der Waals surface area contributed by atoms with Crippen molar-refractivity contribution in [3.8, 4) is 11.1 Å². The summed E-state index contributed by atoms with van der Waals surface area (Å²) in [6.07, 6.45) is 6.89. The first-order valence-electron chi connectivity index (χ1n) is 11.1. The Morgan fingerprint density at radius 3 is 1.94 bits per heavy atom. The summed E-state index contributed by atoms with van der Waals surface area (Å²) in [5, 5.41) is 17.4. The van der Waals surface area contributed by atoms with Crippen molar-refractivity contribution in [2.24, 2.45) is 0 Å². The van der Waals surface area contributed by atoms with E-state index >= 15 is 0 Å². The maximum atomic E-state index is 13.1. The van der Waals surface area contributed by atoms with Gasteiger partial charge in [0.2, 0.25) is 0 Å². The normalized spacial score (nSPS) is 11.6. The minimum atomic E-state index is -1.26. The molecule has 0 saturated heterocycles. The Bertz CT molecular complexity index is 1240. The summed E-state index contributed by atoms with van der Waals surface area (Å²) in [6, 6.07) is 18.3. The van der Waals surface area contributed by atoms with Crippen molar-refractivity contribution in [3.63, 3.8) is 0 Å². The number of carboxylic acids is 2. The molecule has 7 heteroatoms. The zero-order valence-corrected chi connectivity index (χ0v) is 19.7. The van der Waals surface area contributed by atoms with Crippen LogP contribution in [0.25, 0.3) is 21.9 Å². The monoisotopic (exact) mass is 474 g/mol. The molecule has 1 atom stereocenters. The molecule has 2 aromatic carbocycles. The summed E-state index contributed by atoms with van der Waals surface area (Å²) < 4.78 is 1.84. The highest BCUT2D eigenvalue weighted by molar-refractivity contribution is 5.95. The second kappa shape index (κ2) is 13.5. The van der Waals surface area contributed by atoms with Gasteiger partial charge in [-0.15, -0.1) is 13.2 Å². The molecule has 0 radical (unpaired) electrons. The van der Waals surface area contributed by atoms with Crippen molar-refractivity contribution in [1.29, 1.82) is 0 Å². The van der Waals surface area contributed by atoms with Gasteiger partial charge in [-0.1, -0.05) is 60.7 Å². The van der Waals surface area contributed by atoms with Crippen molar-refractivity contribution in [2.45, 2.75) is 19.5 Å². The number of carbonyl (C=O) groups is 2. The van der Waals surface area contributed by atoms with Gasteiger partial charge in [0.1, 0.15) is 0 Å². The molecule has 0 aliphatic rings. The Labute approximate surface area is 204 Å². The van der Waals surface area contributed by atoms with E-state index in [9.17, 15) is 14.4 Å². The molecule has 3 rings (SSSR count). The van der Waals surface area contributed by atoms with E-state index in [1.54, 1.807) is 0 Å². The summed E-state index contributed by atoms with van der Waals surface area (Å²) in [6.45, 7) is 12.0. The molecular formula is C28H30N2O5. The number of aliphatic carboxylic acids is 2. The molecular weight excluding hydrogens is 444 g/mol. The van der Waals surface area contributed by atoms with E-state index < -0.39 is 11.9 Å². The van der Waals surface area contributed by atoms with Crippen LogP contribution in [0.2, 0.25) is 0 Å². The van der Waals surface area contributed by atoms with Crippen molar-refractivity contribution < 1.29 is 19.8 Å². The van der Waals surface area contributed by atoms with E-state index in [-0.39, 0.29) is 11.6 Å². The van der Waals surface area contributed by atoms with Crippen LogP contribution < -0.4 is 5.56 Å². The lowest BCUT2D eigenvalue weighted by Crippen LogP contribution is -2.38. The highest BCUT2D eigenvalue weighted by atomic mass is 16.4. The van der Waals surface area contributed by atoms with Gasteiger partial charge in [0.25, 0.3) is 5.56 Å². The maximum Gasteiger partial charge on any atom is 0.328 e. The standard InChI is InChI=1S/C24H26N2O.C4H4O4/c1-4-15-25(16-5-2)19(3)17-26-18-23(20-11-7-6-8-12-20)21-13-9-10-14-22(21)24(26)27;5-3(6)1-2-4(7)8/h4-14,18-19H,1-2,15-17H2,3H3;1-2H,(H,5,6)(H,7,8)/b;2-1-. The Balaban J connectivity index is 0.000000466. The molecule has 182 valence electrons. The van der Waals surface area contributed by atoms with Gasteiger partial charge >= 0.3 is 11.9 Å². The summed E-state index contributed by atoms with van der Waals surface area (Å²) in [4.78, 5) is 34.5. The number of benzene rings is 2. The third-order valence-electron chi connectivity index (χ3n) is 5.26. The minimum absolute atomic E-state index is 0.0503. The fourth-order valence-corrected chi connectivity index (χ4v) is 3.64. The first kappa shape index (κ1) is 27.0. The molecule has 35 heavy (non-hydrogen) atoms. The van der Waals surface area contributed by atoms with E-state index in [1.807, 2.05) is 65.4 Å². The number of nitrogens with zero attached hydrogens (tertiary/aromatic N) is 2. The number of carboxylic acid groups (broad SMARTS) is 2. The smallest absolute Gasteiger partial charge is 0.328 e. The first-order valence-corrected chi connectivity index (χ1v) is 11.1. The largest absolute Gasteiger partial charge is 0.478 e. The van der Waals surface area contributed by atoms with E-state index in [1.165, 1.54) is 0 Å². The second-order valence-corrected chi connectivity index (χ2v) is 7.80. The summed E-state index contributed by atoms with van der Waals surface area (Å²) in [5.74, 6) is -2.51. The Hall–Kier alpha value is -4.23. The zero-order chi connectivity index (χ0) is 25.8. The Morgan fingerprint density at radius 1 is 0.914 bits per heavy atom. The number of aromatic nitrogens is 1. The third-order valence-corrected chi connectivity index (χ3v) is 5.26. The molecule has 0 aliphatic carbocycles. The Morgan fingerprint density at radius 2 is 1.43 bits per heavy atom. The van der Waals surface area contributed by atoms with Crippen LogP contribution in [0.3, 0.4) is 0 Å². The lowest BCUT2D eigenvalue weighted by atomic mass is 10.0. The quantitative estimate of drug-likeness (QED) is 0.333. The van der Waals surface area contributed by atoms with E-state index in [0.717, 1.165) is 35.0 Å². The van der Waals surface area contributed by atoms with Crippen LogP contribution in [-0.4, -0.2) is 50.8 Å². The highest BCUT2D eigenvalue weighted by Gasteiger charge is 2.15. The molecule has 1 heterocycles. The van der Waals surface area contributed by atoms with Crippen LogP contribution in [0.5, 0.6) is 0 Å². The molecule has 2 N–H and O–H groups in total. The summed E-state index contributed by atoms with van der Waals surface area (Å²) >= 11 is 0. The topological polar surface area (TPSA) is 99.8 Å². The number of rotatable bonds is 10. The van der Waals surface area contributed by atoms with Gasteiger partial charge < -0.3 is 14.8 Å². The number of hydrogen-bond donors (Lipinski definition) is 2. The lowest BCUT2D eigenvalue weighted by Gasteiger charge is -2.27. The number of pyridine rings is 1.